The van der Waals surface area contributed by atoms with Crippen LogP contribution in [-0.4, -0.2) is 30.9 Å². The first-order valence-electron chi connectivity index (χ1n) is 9.02. The number of likely N-dealkylation sites (N-methyl/N-ethyl adjacent to an activating group) is 1. The molecule has 2 aromatic rings. The third-order valence-electron chi connectivity index (χ3n) is 4.99. The Morgan fingerprint density at radius 1 is 1.16 bits per heavy atom. The average molecular weight is 337 g/mol. The summed E-state index contributed by atoms with van der Waals surface area (Å²) < 4.78 is 0. The molecule has 1 aliphatic rings. The van der Waals surface area contributed by atoms with Gasteiger partial charge in [0.15, 0.2) is 0 Å². The third kappa shape index (κ3) is 3.95. The van der Waals surface area contributed by atoms with E-state index >= 15 is 0 Å². The molecule has 0 aliphatic carbocycles. The van der Waals surface area contributed by atoms with E-state index in [0.29, 0.717) is 13.1 Å². The van der Waals surface area contributed by atoms with Gasteiger partial charge in [0, 0.05) is 31.5 Å². The number of nitrogens with two attached hydrogens (primary N) is 1. The van der Waals surface area contributed by atoms with Crippen molar-refractivity contribution in [1.82, 2.24) is 4.90 Å². The number of anilines is 2. The van der Waals surface area contributed by atoms with E-state index in [0.717, 1.165) is 42.7 Å². The summed E-state index contributed by atoms with van der Waals surface area (Å²) in [5.74, 6) is 0.134. The summed E-state index contributed by atoms with van der Waals surface area (Å²) in [6.07, 6.45) is 3.07. The Labute approximate surface area is 150 Å². The second-order valence-corrected chi connectivity index (χ2v) is 6.79. The van der Waals surface area contributed by atoms with Crippen molar-refractivity contribution >= 4 is 17.3 Å². The summed E-state index contributed by atoms with van der Waals surface area (Å²) in [7, 11) is 1.88. The minimum atomic E-state index is 0.134. The molecule has 3 rings (SSSR count). The van der Waals surface area contributed by atoms with Crippen molar-refractivity contribution in [2.75, 3.05) is 30.8 Å². The number of hydrogen-bond donors (Lipinski definition) is 1. The lowest BCUT2D eigenvalue weighted by atomic mass is 10.00. The first kappa shape index (κ1) is 17.3. The van der Waals surface area contributed by atoms with E-state index in [2.05, 4.69) is 42.2 Å². The monoisotopic (exact) mass is 337 g/mol. The molecule has 0 atom stereocenters. The standard InChI is InChI=1S/C21H27N3O/c1-3-16-9-11-17(12-10-16)14-23(2)21(25)15-24-13-5-6-18-19(22)7-4-8-20(18)24/h4,7-12H,3,5-6,13-15,22H2,1-2H3. The highest BCUT2D eigenvalue weighted by molar-refractivity contribution is 5.82. The second-order valence-electron chi connectivity index (χ2n) is 6.79. The summed E-state index contributed by atoms with van der Waals surface area (Å²) in [6, 6.07) is 14.5. The lowest BCUT2D eigenvalue weighted by Gasteiger charge is -2.32. The lowest BCUT2D eigenvalue weighted by Crippen LogP contribution is -2.40. The predicted octanol–water partition coefficient (Wildman–Crippen LogP) is 3.24. The summed E-state index contributed by atoms with van der Waals surface area (Å²) in [4.78, 5) is 16.7. The van der Waals surface area contributed by atoms with E-state index in [-0.39, 0.29) is 5.91 Å². The van der Waals surface area contributed by atoms with Gasteiger partial charge in [0.2, 0.25) is 5.91 Å². The fraction of sp³-hybridized carbons (Fsp3) is 0.381. The van der Waals surface area contributed by atoms with Crippen molar-refractivity contribution in [3.63, 3.8) is 0 Å². The lowest BCUT2D eigenvalue weighted by molar-refractivity contribution is -0.129. The molecule has 0 aromatic heterocycles. The molecule has 0 saturated carbocycles. The largest absolute Gasteiger partial charge is 0.398 e. The topological polar surface area (TPSA) is 49.6 Å². The van der Waals surface area contributed by atoms with Gasteiger partial charge in [-0.3, -0.25) is 4.79 Å². The normalized spacial score (nSPS) is 13.4. The smallest absolute Gasteiger partial charge is 0.242 e. The summed E-state index contributed by atoms with van der Waals surface area (Å²) >= 11 is 0. The number of nitrogen functional groups attached to an aromatic ring is 1. The van der Waals surface area contributed by atoms with Crippen LogP contribution < -0.4 is 10.6 Å². The Balaban J connectivity index is 1.65. The number of carbonyl (C=O) groups is 1. The van der Waals surface area contributed by atoms with E-state index < -0.39 is 0 Å². The Morgan fingerprint density at radius 3 is 2.60 bits per heavy atom. The number of benzene rings is 2. The van der Waals surface area contributed by atoms with E-state index in [1.165, 1.54) is 11.1 Å². The highest BCUT2D eigenvalue weighted by atomic mass is 16.2. The van der Waals surface area contributed by atoms with Crippen LogP contribution in [0.5, 0.6) is 0 Å². The van der Waals surface area contributed by atoms with Crippen LogP contribution in [0.2, 0.25) is 0 Å². The molecule has 1 aliphatic heterocycles. The van der Waals surface area contributed by atoms with Gasteiger partial charge in [-0.25, -0.2) is 0 Å². The summed E-state index contributed by atoms with van der Waals surface area (Å²) in [6.45, 7) is 4.09. The highest BCUT2D eigenvalue weighted by Gasteiger charge is 2.22. The first-order valence-corrected chi connectivity index (χ1v) is 9.02. The summed E-state index contributed by atoms with van der Waals surface area (Å²) in [5, 5.41) is 0. The number of carbonyl (C=O) groups excluding carboxylic acids is 1. The van der Waals surface area contributed by atoms with Crippen LogP contribution in [0, 0.1) is 0 Å². The minimum absolute atomic E-state index is 0.134. The van der Waals surface area contributed by atoms with Crippen LogP contribution >= 0.6 is 0 Å². The number of nitrogens with zero attached hydrogens (tertiary/aromatic N) is 2. The Hall–Kier alpha value is -2.49. The molecular formula is C21H27N3O. The van der Waals surface area contributed by atoms with Gasteiger partial charge in [-0.1, -0.05) is 37.3 Å². The van der Waals surface area contributed by atoms with Gasteiger partial charge >= 0.3 is 0 Å². The van der Waals surface area contributed by atoms with E-state index in [4.69, 9.17) is 5.73 Å². The minimum Gasteiger partial charge on any atom is -0.398 e. The number of hydrogen-bond acceptors (Lipinski definition) is 3. The van der Waals surface area contributed by atoms with Crippen LogP contribution in [0.1, 0.15) is 30.0 Å². The molecule has 0 saturated heterocycles. The Morgan fingerprint density at radius 2 is 1.88 bits per heavy atom. The fourth-order valence-corrected chi connectivity index (χ4v) is 3.42. The van der Waals surface area contributed by atoms with Gasteiger partial charge in [-0.15, -0.1) is 0 Å². The molecule has 2 aromatic carbocycles. The molecule has 0 spiro atoms. The SMILES string of the molecule is CCc1ccc(CN(C)C(=O)CN2CCCc3c(N)cccc32)cc1. The molecule has 0 fully saturated rings. The highest BCUT2D eigenvalue weighted by Crippen LogP contribution is 2.31. The molecule has 1 amide bonds. The van der Waals surface area contributed by atoms with Crippen molar-refractivity contribution in [2.45, 2.75) is 32.7 Å². The third-order valence-corrected chi connectivity index (χ3v) is 4.99. The molecule has 0 radical (unpaired) electrons. The van der Waals surface area contributed by atoms with Crippen molar-refractivity contribution < 1.29 is 4.79 Å². The van der Waals surface area contributed by atoms with Gasteiger partial charge < -0.3 is 15.5 Å². The molecule has 2 N–H and O–H groups in total. The zero-order chi connectivity index (χ0) is 17.8. The van der Waals surface area contributed by atoms with Crippen molar-refractivity contribution in [2.24, 2.45) is 0 Å². The fourth-order valence-electron chi connectivity index (χ4n) is 3.42. The van der Waals surface area contributed by atoms with Gasteiger partial charge in [0.1, 0.15) is 0 Å². The number of amides is 1. The van der Waals surface area contributed by atoms with Crippen molar-refractivity contribution in [3.05, 3.63) is 59.2 Å². The van der Waals surface area contributed by atoms with E-state index in [9.17, 15) is 4.79 Å². The number of fused-ring (bicyclic) bond motifs is 1. The Kier molecular flexibility index (Phi) is 5.27. The molecule has 4 heteroatoms. The molecule has 0 unspecified atom stereocenters. The molecule has 4 nitrogen and oxygen atoms in total. The van der Waals surface area contributed by atoms with Crippen LogP contribution in [-0.2, 0) is 24.2 Å². The van der Waals surface area contributed by atoms with Gasteiger partial charge in [-0.05, 0) is 48.1 Å². The quantitative estimate of drug-likeness (QED) is 0.852. The first-order chi connectivity index (χ1) is 12.1. The molecular weight excluding hydrogens is 310 g/mol. The second kappa shape index (κ2) is 7.60. The number of aryl methyl sites for hydroxylation is 1. The predicted molar refractivity (Wildman–Crippen MR) is 104 cm³/mol. The van der Waals surface area contributed by atoms with E-state index in [1.807, 2.05) is 24.1 Å². The van der Waals surface area contributed by atoms with Crippen molar-refractivity contribution in [1.29, 1.82) is 0 Å². The molecule has 25 heavy (non-hydrogen) atoms. The molecule has 0 bridgehead atoms. The summed E-state index contributed by atoms with van der Waals surface area (Å²) in [5.41, 5.74) is 11.7. The van der Waals surface area contributed by atoms with Crippen LogP contribution in [0.15, 0.2) is 42.5 Å². The van der Waals surface area contributed by atoms with E-state index in [1.54, 1.807) is 0 Å². The zero-order valence-corrected chi connectivity index (χ0v) is 15.2. The zero-order valence-electron chi connectivity index (χ0n) is 15.2. The van der Waals surface area contributed by atoms with Crippen LogP contribution in [0.4, 0.5) is 11.4 Å². The van der Waals surface area contributed by atoms with Gasteiger partial charge in [0.05, 0.1) is 6.54 Å². The van der Waals surface area contributed by atoms with Crippen molar-refractivity contribution in [3.8, 4) is 0 Å². The number of rotatable bonds is 5. The van der Waals surface area contributed by atoms with Crippen LogP contribution in [0.3, 0.4) is 0 Å². The molecule has 132 valence electrons. The maximum Gasteiger partial charge on any atom is 0.242 e. The van der Waals surface area contributed by atoms with Gasteiger partial charge in [0.25, 0.3) is 0 Å². The van der Waals surface area contributed by atoms with Crippen LogP contribution in [0.25, 0.3) is 0 Å². The van der Waals surface area contributed by atoms with Gasteiger partial charge in [-0.2, -0.15) is 0 Å². The Bertz CT molecular complexity index is 739. The molecule has 1 heterocycles. The maximum atomic E-state index is 12.7. The maximum absolute atomic E-state index is 12.7. The average Bonchev–Trinajstić information content (AvgIpc) is 2.63.